The number of aryl methyl sites for hydroxylation is 2. The number of carbonyl (C=O) groups excluding carboxylic acids is 2. The fourth-order valence-electron chi connectivity index (χ4n) is 2.87. The van der Waals surface area contributed by atoms with Crippen LogP contribution in [-0.2, 0) is 0 Å². The first kappa shape index (κ1) is 16.6. The van der Waals surface area contributed by atoms with Crippen LogP contribution in [0.25, 0.3) is 0 Å². The quantitative estimate of drug-likeness (QED) is 0.932. The SMILES string of the molecule is Cc1cc(C(=O)NC2CCCN(C(=O)c3cccs3)C2)cnc1C. The first-order valence-corrected chi connectivity index (χ1v) is 8.99. The number of pyridine rings is 1. The van der Waals surface area contributed by atoms with E-state index in [2.05, 4.69) is 10.3 Å². The number of nitrogens with one attached hydrogen (secondary N) is 1. The van der Waals surface area contributed by atoms with Gasteiger partial charge < -0.3 is 10.2 Å². The van der Waals surface area contributed by atoms with E-state index in [1.807, 2.05) is 42.3 Å². The van der Waals surface area contributed by atoms with Crippen molar-refractivity contribution in [3.63, 3.8) is 0 Å². The van der Waals surface area contributed by atoms with Crippen molar-refractivity contribution in [3.05, 3.63) is 51.5 Å². The number of hydrogen-bond acceptors (Lipinski definition) is 4. The highest BCUT2D eigenvalue weighted by atomic mass is 32.1. The molecule has 0 aliphatic carbocycles. The van der Waals surface area contributed by atoms with Crippen molar-refractivity contribution in [3.8, 4) is 0 Å². The number of piperidine rings is 1. The Morgan fingerprint density at radius 1 is 1.38 bits per heavy atom. The summed E-state index contributed by atoms with van der Waals surface area (Å²) in [5, 5.41) is 4.95. The number of carbonyl (C=O) groups is 2. The highest BCUT2D eigenvalue weighted by molar-refractivity contribution is 7.12. The lowest BCUT2D eigenvalue weighted by molar-refractivity contribution is 0.0680. The van der Waals surface area contributed by atoms with Gasteiger partial charge in [0.25, 0.3) is 11.8 Å². The van der Waals surface area contributed by atoms with Crippen molar-refractivity contribution >= 4 is 23.2 Å². The van der Waals surface area contributed by atoms with Crippen molar-refractivity contribution in [2.24, 2.45) is 0 Å². The Morgan fingerprint density at radius 2 is 2.21 bits per heavy atom. The Labute approximate surface area is 145 Å². The molecule has 2 aromatic heterocycles. The smallest absolute Gasteiger partial charge is 0.263 e. The zero-order valence-corrected chi connectivity index (χ0v) is 14.7. The van der Waals surface area contributed by atoms with Crippen LogP contribution in [0.15, 0.2) is 29.8 Å². The molecule has 3 rings (SSSR count). The number of aromatic nitrogens is 1. The minimum atomic E-state index is -0.124. The van der Waals surface area contributed by atoms with Gasteiger partial charge in [-0.1, -0.05) is 6.07 Å². The van der Waals surface area contributed by atoms with E-state index >= 15 is 0 Å². The van der Waals surface area contributed by atoms with E-state index in [-0.39, 0.29) is 17.9 Å². The van der Waals surface area contributed by atoms with Crippen LogP contribution in [0.5, 0.6) is 0 Å². The average Bonchev–Trinajstić information content (AvgIpc) is 3.11. The zero-order chi connectivity index (χ0) is 17.1. The molecule has 1 atom stereocenters. The molecule has 6 heteroatoms. The van der Waals surface area contributed by atoms with Gasteiger partial charge in [-0.05, 0) is 49.8 Å². The van der Waals surface area contributed by atoms with Crippen LogP contribution in [0, 0.1) is 13.8 Å². The molecule has 1 aliphatic heterocycles. The lowest BCUT2D eigenvalue weighted by Gasteiger charge is -2.33. The molecule has 2 aromatic rings. The summed E-state index contributed by atoms with van der Waals surface area (Å²) < 4.78 is 0. The summed E-state index contributed by atoms with van der Waals surface area (Å²) in [5.41, 5.74) is 2.50. The fourth-order valence-corrected chi connectivity index (χ4v) is 3.56. The molecule has 3 heterocycles. The first-order chi connectivity index (χ1) is 11.5. The van der Waals surface area contributed by atoms with Crippen LogP contribution in [0.1, 0.15) is 44.1 Å². The van der Waals surface area contributed by atoms with Crippen LogP contribution < -0.4 is 5.32 Å². The van der Waals surface area contributed by atoms with Crippen molar-refractivity contribution in [1.82, 2.24) is 15.2 Å². The summed E-state index contributed by atoms with van der Waals surface area (Å²) >= 11 is 1.45. The summed E-state index contributed by atoms with van der Waals surface area (Å²) in [5.74, 6) is -0.0715. The molecule has 5 nitrogen and oxygen atoms in total. The molecule has 1 aliphatic rings. The van der Waals surface area contributed by atoms with Gasteiger partial charge in [-0.3, -0.25) is 14.6 Å². The predicted octanol–water partition coefficient (Wildman–Crippen LogP) is 2.79. The van der Waals surface area contributed by atoms with E-state index in [1.54, 1.807) is 6.20 Å². The van der Waals surface area contributed by atoms with E-state index in [0.717, 1.165) is 35.5 Å². The Bertz CT molecular complexity index is 743. The molecular weight excluding hydrogens is 322 g/mol. The van der Waals surface area contributed by atoms with Gasteiger partial charge in [0.1, 0.15) is 0 Å². The molecule has 1 saturated heterocycles. The molecule has 24 heavy (non-hydrogen) atoms. The van der Waals surface area contributed by atoms with Crippen LogP contribution >= 0.6 is 11.3 Å². The molecule has 1 unspecified atom stereocenters. The molecule has 1 fully saturated rings. The van der Waals surface area contributed by atoms with Crippen LogP contribution in [0.4, 0.5) is 0 Å². The van der Waals surface area contributed by atoms with E-state index in [0.29, 0.717) is 12.1 Å². The number of nitrogens with zero attached hydrogens (tertiary/aromatic N) is 2. The highest BCUT2D eigenvalue weighted by Gasteiger charge is 2.26. The van der Waals surface area contributed by atoms with Crippen molar-refractivity contribution in [2.75, 3.05) is 13.1 Å². The Balaban J connectivity index is 1.63. The van der Waals surface area contributed by atoms with Gasteiger partial charge in [-0.25, -0.2) is 0 Å². The van der Waals surface area contributed by atoms with Gasteiger partial charge in [0, 0.05) is 31.0 Å². The minimum absolute atomic E-state index is 0.0169. The Hall–Kier alpha value is -2.21. The second kappa shape index (κ2) is 7.13. The van der Waals surface area contributed by atoms with Crippen LogP contribution in [0.2, 0.25) is 0 Å². The van der Waals surface area contributed by atoms with Crippen molar-refractivity contribution < 1.29 is 9.59 Å². The average molecular weight is 343 g/mol. The largest absolute Gasteiger partial charge is 0.347 e. The van der Waals surface area contributed by atoms with E-state index in [4.69, 9.17) is 0 Å². The first-order valence-electron chi connectivity index (χ1n) is 8.11. The molecule has 1 N–H and O–H groups in total. The maximum Gasteiger partial charge on any atom is 0.263 e. The molecule has 0 saturated carbocycles. The molecule has 2 amide bonds. The van der Waals surface area contributed by atoms with E-state index < -0.39 is 0 Å². The summed E-state index contributed by atoms with van der Waals surface area (Å²) in [6.45, 7) is 5.17. The molecular formula is C18H21N3O2S. The molecule has 0 radical (unpaired) electrons. The normalized spacial score (nSPS) is 17.6. The summed E-state index contributed by atoms with van der Waals surface area (Å²) in [4.78, 5) is 31.7. The molecule has 0 aromatic carbocycles. The lowest BCUT2D eigenvalue weighted by atomic mass is 10.0. The summed E-state index contributed by atoms with van der Waals surface area (Å²) in [6.07, 6.45) is 3.39. The molecule has 126 valence electrons. The van der Waals surface area contributed by atoms with Crippen LogP contribution in [0.3, 0.4) is 0 Å². The Kier molecular flexibility index (Phi) is 4.94. The van der Waals surface area contributed by atoms with Crippen molar-refractivity contribution in [1.29, 1.82) is 0 Å². The second-order valence-corrected chi connectivity index (χ2v) is 7.12. The number of hydrogen-bond donors (Lipinski definition) is 1. The van der Waals surface area contributed by atoms with Gasteiger partial charge in [0.2, 0.25) is 0 Å². The van der Waals surface area contributed by atoms with Gasteiger partial charge in [-0.2, -0.15) is 0 Å². The number of amides is 2. The fraction of sp³-hybridized carbons (Fsp3) is 0.389. The number of likely N-dealkylation sites (tertiary alicyclic amines) is 1. The van der Waals surface area contributed by atoms with E-state index in [1.165, 1.54) is 11.3 Å². The second-order valence-electron chi connectivity index (χ2n) is 6.17. The topological polar surface area (TPSA) is 62.3 Å². The van der Waals surface area contributed by atoms with Crippen LogP contribution in [-0.4, -0.2) is 40.8 Å². The third kappa shape index (κ3) is 3.64. The Morgan fingerprint density at radius 3 is 2.92 bits per heavy atom. The van der Waals surface area contributed by atoms with E-state index in [9.17, 15) is 9.59 Å². The monoisotopic (exact) mass is 343 g/mol. The van der Waals surface area contributed by atoms with Gasteiger partial charge in [0.05, 0.1) is 10.4 Å². The predicted molar refractivity (Wildman–Crippen MR) is 94.4 cm³/mol. The maximum atomic E-state index is 12.5. The van der Waals surface area contributed by atoms with Gasteiger partial charge >= 0.3 is 0 Å². The number of thiophene rings is 1. The minimum Gasteiger partial charge on any atom is -0.347 e. The third-order valence-corrected chi connectivity index (χ3v) is 5.24. The maximum absolute atomic E-state index is 12.5. The highest BCUT2D eigenvalue weighted by Crippen LogP contribution is 2.17. The molecule has 0 spiro atoms. The molecule has 0 bridgehead atoms. The summed E-state index contributed by atoms with van der Waals surface area (Å²) in [6, 6.07) is 5.57. The summed E-state index contributed by atoms with van der Waals surface area (Å²) in [7, 11) is 0. The number of rotatable bonds is 3. The third-order valence-electron chi connectivity index (χ3n) is 4.38. The lowest BCUT2D eigenvalue weighted by Crippen LogP contribution is -2.49. The zero-order valence-electron chi connectivity index (χ0n) is 13.9. The van der Waals surface area contributed by atoms with Gasteiger partial charge in [0.15, 0.2) is 0 Å². The standard InChI is InChI=1S/C18H21N3O2S/c1-12-9-14(10-19-13(12)2)17(22)20-15-5-3-7-21(11-15)18(23)16-6-4-8-24-16/h4,6,8-10,15H,3,5,7,11H2,1-2H3,(H,20,22). The van der Waals surface area contributed by atoms with Crippen molar-refractivity contribution in [2.45, 2.75) is 32.7 Å². The van der Waals surface area contributed by atoms with Gasteiger partial charge in [-0.15, -0.1) is 11.3 Å².